The molecule has 0 aliphatic carbocycles. The number of nitrogens with zero attached hydrogens (tertiary/aromatic N) is 2. The van der Waals surface area contributed by atoms with Gasteiger partial charge in [0.2, 0.25) is 11.9 Å². The van der Waals surface area contributed by atoms with E-state index in [0.29, 0.717) is 29.0 Å². The molecule has 1 aromatic carbocycles. The molecule has 0 aliphatic rings. The maximum absolute atomic E-state index is 12.2. The van der Waals surface area contributed by atoms with Crippen molar-refractivity contribution in [2.24, 2.45) is 5.92 Å². The molecule has 1 heterocycles. The monoisotopic (exact) mass is 294 g/mol. The molecule has 1 aromatic heterocycles. The Kier molecular flexibility index (Phi) is 4.18. The van der Waals surface area contributed by atoms with E-state index < -0.39 is 6.04 Å². The maximum atomic E-state index is 12.2. The number of nitrogens with one attached hydrogen (secondary N) is 1. The maximum Gasteiger partial charge on any atom is 0.242 e. The number of amides is 1. The molecule has 0 fully saturated rings. The van der Waals surface area contributed by atoms with E-state index in [1.165, 1.54) is 0 Å². The van der Waals surface area contributed by atoms with E-state index in [2.05, 4.69) is 10.3 Å². The summed E-state index contributed by atoms with van der Waals surface area (Å²) in [6.45, 7) is 6.55. The number of benzene rings is 1. The third-order valence-electron chi connectivity index (χ3n) is 3.13. The molecule has 0 saturated carbocycles. The minimum atomic E-state index is -0.417. The number of imidazole rings is 1. The number of anilines is 1. The van der Waals surface area contributed by atoms with Crippen LogP contribution in [0.2, 0.25) is 5.02 Å². The van der Waals surface area contributed by atoms with Crippen molar-refractivity contribution in [1.29, 1.82) is 0 Å². The van der Waals surface area contributed by atoms with Gasteiger partial charge in [0.05, 0.1) is 11.0 Å². The standard InChI is InChI=1S/C14H19ClN4O/c1-8(2)7-17-13(20)9(3)19-12-5-4-10(15)6-11(12)18-14(19)16/h4-6,8-9H,7H2,1-3H3,(H2,16,18)(H,17,20). The van der Waals surface area contributed by atoms with Gasteiger partial charge in [0, 0.05) is 11.6 Å². The van der Waals surface area contributed by atoms with Crippen molar-refractivity contribution in [1.82, 2.24) is 14.9 Å². The third kappa shape index (κ3) is 2.88. The Hall–Kier alpha value is -1.75. The molecule has 2 aromatic rings. The van der Waals surface area contributed by atoms with Crippen LogP contribution in [0.5, 0.6) is 0 Å². The van der Waals surface area contributed by atoms with Crippen LogP contribution in [0.3, 0.4) is 0 Å². The highest BCUT2D eigenvalue weighted by molar-refractivity contribution is 6.31. The highest BCUT2D eigenvalue weighted by Gasteiger charge is 2.20. The molecule has 0 spiro atoms. The summed E-state index contributed by atoms with van der Waals surface area (Å²) in [5.41, 5.74) is 7.42. The number of rotatable bonds is 4. The Morgan fingerprint density at radius 1 is 1.45 bits per heavy atom. The minimum absolute atomic E-state index is 0.0698. The summed E-state index contributed by atoms with van der Waals surface area (Å²) in [5.74, 6) is 0.649. The van der Waals surface area contributed by atoms with Gasteiger partial charge < -0.3 is 11.1 Å². The van der Waals surface area contributed by atoms with E-state index >= 15 is 0 Å². The molecule has 1 amide bonds. The van der Waals surface area contributed by atoms with E-state index in [1.807, 2.05) is 26.8 Å². The predicted octanol–water partition coefficient (Wildman–Crippen LogP) is 2.61. The first-order valence-electron chi connectivity index (χ1n) is 6.60. The molecule has 20 heavy (non-hydrogen) atoms. The molecule has 0 aliphatic heterocycles. The normalized spacial score (nSPS) is 12.8. The van der Waals surface area contributed by atoms with Crippen molar-refractivity contribution in [2.75, 3.05) is 12.3 Å². The van der Waals surface area contributed by atoms with E-state index in [9.17, 15) is 4.79 Å². The van der Waals surface area contributed by atoms with Gasteiger partial charge in [-0.05, 0) is 31.0 Å². The average molecular weight is 295 g/mol. The van der Waals surface area contributed by atoms with Crippen LogP contribution in [0.4, 0.5) is 5.95 Å². The van der Waals surface area contributed by atoms with Crippen LogP contribution in [-0.4, -0.2) is 22.0 Å². The molecule has 1 atom stereocenters. The van der Waals surface area contributed by atoms with Gasteiger partial charge in [-0.25, -0.2) is 4.98 Å². The molecular formula is C14H19ClN4O. The fourth-order valence-electron chi connectivity index (χ4n) is 2.07. The van der Waals surface area contributed by atoms with Crippen LogP contribution >= 0.6 is 11.6 Å². The van der Waals surface area contributed by atoms with Crippen molar-refractivity contribution in [3.63, 3.8) is 0 Å². The van der Waals surface area contributed by atoms with Gasteiger partial charge in [-0.3, -0.25) is 9.36 Å². The topological polar surface area (TPSA) is 72.9 Å². The lowest BCUT2D eigenvalue weighted by molar-refractivity contribution is -0.123. The van der Waals surface area contributed by atoms with Crippen molar-refractivity contribution >= 4 is 34.5 Å². The fourth-order valence-corrected chi connectivity index (χ4v) is 2.23. The van der Waals surface area contributed by atoms with Crippen LogP contribution in [-0.2, 0) is 4.79 Å². The molecule has 0 saturated heterocycles. The molecule has 3 N–H and O–H groups in total. The zero-order valence-electron chi connectivity index (χ0n) is 11.9. The number of hydrogen-bond donors (Lipinski definition) is 2. The van der Waals surface area contributed by atoms with Crippen molar-refractivity contribution < 1.29 is 4.79 Å². The SMILES string of the molecule is CC(C)CNC(=O)C(C)n1c(N)nc2cc(Cl)ccc21. The van der Waals surface area contributed by atoms with E-state index in [-0.39, 0.29) is 5.91 Å². The lowest BCUT2D eigenvalue weighted by Gasteiger charge is -2.16. The quantitative estimate of drug-likeness (QED) is 0.910. The van der Waals surface area contributed by atoms with Gasteiger partial charge in [0.1, 0.15) is 6.04 Å². The zero-order valence-corrected chi connectivity index (χ0v) is 12.6. The lowest BCUT2D eigenvalue weighted by atomic mass is 10.2. The smallest absolute Gasteiger partial charge is 0.242 e. The van der Waals surface area contributed by atoms with Crippen LogP contribution in [0.1, 0.15) is 26.8 Å². The number of nitrogen functional groups attached to an aromatic ring is 1. The van der Waals surface area contributed by atoms with Gasteiger partial charge >= 0.3 is 0 Å². The van der Waals surface area contributed by atoms with Crippen molar-refractivity contribution in [2.45, 2.75) is 26.8 Å². The summed E-state index contributed by atoms with van der Waals surface area (Å²) in [5, 5.41) is 3.50. The first kappa shape index (κ1) is 14.7. The predicted molar refractivity (Wildman–Crippen MR) is 81.7 cm³/mol. The summed E-state index contributed by atoms with van der Waals surface area (Å²) >= 11 is 5.94. The Labute approximate surface area is 123 Å². The van der Waals surface area contributed by atoms with Crippen LogP contribution in [0, 0.1) is 5.92 Å². The number of aromatic nitrogens is 2. The van der Waals surface area contributed by atoms with E-state index in [4.69, 9.17) is 17.3 Å². The molecule has 0 bridgehead atoms. The van der Waals surface area contributed by atoms with Crippen LogP contribution in [0.15, 0.2) is 18.2 Å². The molecule has 1 unspecified atom stereocenters. The highest BCUT2D eigenvalue weighted by atomic mass is 35.5. The molecular weight excluding hydrogens is 276 g/mol. The summed E-state index contributed by atoms with van der Waals surface area (Å²) < 4.78 is 1.72. The molecule has 6 heteroatoms. The van der Waals surface area contributed by atoms with E-state index in [0.717, 1.165) is 5.52 Å². The number of carbonyl (C=O) groups is 1. The Bertz CT molecular complexity index is 635. The molecule has 5 nitrogen and oxygen atoms in total. The highest BCUT2D eigenvalue weighted by Crippen LogP contribution is 2.25. The Morgan fingerprint density at radius 2 is 2.15 bits per heavy atom. The number of nitrogens with two attached hydrogens (primary N) is 1. The van der Waals surface area contributed by atoms with Crippen molar-refractivity contribution in [3.05, 3.63) is 23.2 Å². The average Bonchev–Trinajstić information content (AvgIpc) is 2.69. The van der Waals surface area contributed by atoms with Crippen molar-refractivity contribution in [3.8, 4) is 0 Å². The minimum Gasteiger partial charge on any atom is -0.369 e. The zero-order chi connectivity index (χ0) is 14.9. The lowest BCUT2D eigenvalue weighted by Crippen LogP contribution is -2.33. The largest absolute Gasteiger partial charge is 0.369 e. The number of halogens is 1. The van der Waals surface area contributed by atoms with Gasteiger partial charge in [0.25, 0.3) is 0 Å². The summed E-state index contributed by atoms with van der Waals surface area (Å²) in [4.78, 5) is 16.4. The number of fused-ring (bicyclic) bond motifs is 1. The van der Waals surface area contributed by atoms with Crippen LogP contribution < -0.4 is 11.1 Å². The number of carbonyl (C=O) groups excluding carboxylic acids is 1. The third-order valence-corrected chi connectivity index (χ3v) is 3.37. The first-order chi connectivity index (χ1) is 9.40. The molecule has 108 valence electrons. The number of hydrogen-bond acceptors (Lipinski definition) is 3. The first-order valence-corrected chi connectivity index (χ1v) is 6.98. The summed E-state index contributed by atoms with van der Waals surface area (Å²) in [7, 11) is 0. The summed E-state index contributed by atoms with van der Waals surface area (Å²) in [6.07, 6.45) is 0. The van der Waals surface area contributed by atoms with Gasteiger partial charge in [-0.2, -0.15) is 0 Å². The van der Waals surface area contributed by atoms with Gasteiger partial charge in [-0.1, -0.05) is 25.4 Å². The summed E-state index contributed by atoms with van der Waals surface area (Å²) in [6, 6.07) is 4.91. The molecule has 0 radical (unpaired) electrons. The second kappa shape index (κ2) is 5.71. The Morgan fingerprint density at radius 3 is 2.80 bits per heavy atom. The van der Waals surface area contributed by atoms with Gasteiger partial charge in [-0.15, -0.1) is 0 Å². The fraction of sp³-hybridized carbons (Fsp3) is 0.429. The molecule has 2 rings (SSSR count). The second-order valence-electron chi connectivity index (χ2n) is 5.29. The van der Waals surface area contributed by atoms with Gasteiger partial charge in [0.15, 0.2) is 0 Å². The Balaban J connectivity index is 2.32. The van der Waals surface area contributed by atoms with E-state index in [1.54, 1.807) is 16.7 Å². The van der Waals surface area contributed by atoms with Crippen LogP contribution in [0.25, 0.3) is 11.0 Å². The second-order valence-corrected chi connectivity index (χ2v) is 5.72.